The lowest BCUT2D eigenvalue weighted by molar-refractivity contribution is 0.0527. The van der Waals surface area contributed by atoms with Crippen molar-refractivity contribution >= 4 is 22.6 Å². The molecule has 0 spiro atoms. The zero-order valence-corrected chi connectivity index (χ0v) is 16.1. The number of nitrogens with zero attached hydrogens (tertiary/aromatic N) is 4. The van der Waals surface area contributed by atoms with Gasteiger partial charge in [0.25, 0.3) is 0 Å². The molecule has 3 heterocycles. The van der Waals surface area contributed by atoms with Crippen molar-refractivity contribution in [1.29, 1.82) is 0 Å². The minimum atomic E-state index is -0.424. The van der Waals surface area contributed by atoms with E-state index in [2.05, 4.69) is 15.0 Å². The Bertz CT molecular complexity index is 1020. The Labute approximate surface area is 162 Å². The molecule has 0 bridgehead atoms. The highest BCUT2D eigenvalue weighted by Crippen LogP contribution is 2.35. The van der Waals surface area contributed by atoms with Gasteiger partial charge in [-0.15, -0.1) is 0 Å². The van der Waals surface area contributed by atoms with Crippen molar-refractivity contribution in [3.05, 3.63) is 53.7 Å². The van der Waals surface area contributed by atoms with Crippen LogP contribution in [-0.2, 0) is 18.2 Å². The number of carbonyl (C=O) groups is 1. The van der Waals surface area contributed by atoms with E-state index >= 15 is 0 Å². The van der Waals surface area contributed by atoms with Gasteiger partial charge in [-0.2, -0.15) is 5.10 Å². The molecule has 28 heavy (non-hydrogen) atoms. The van der Waals surface area contributed by atoms with Crippen molar-refractivity contribution in [3.8, 4) is 0 Å². The standard InChI is InChI=1S/C21H23FN4O2/c1-3-28-21(27)18-11-23-19-5-4-16(22)9-17(19)20(18)26-7-6-14(13-26)8-15-10-24-25(2)12-15/h4-5,9-12,14H,3,6-8,13H2,1-2H3. The van der Waals surface area contributed by atoms with Crippen LogP contribution in [0.3, 0.4) is 0 Å². The lowest BCUT2D eigenvalue weighted by atomic mass is 10.0. The summed E-state index contributed by atoms with van der Waals surface area (Å²) in [6.45, 7) is 3.64. The van der Waals surface area contributed by atoms with Crippen LogP contribution in [0, 0.1) is 11.7 Å². The molecule has 1 aliphatic rings. The van der Waals surface area contributed by atoms with Crippen LogP contribution in [0.1, 0.15) is 29.3 Å². The molecule has 0 N–H and O–H groups in total. The van der Waals surface area contributed by atoms with Gasteiger partial charge in [0.2, 0.25) is 0 Å². The molecule has 1 saturated heterocycles. The number of ether oxygens (including phenoxy) is 1. The van der Waals surface area contributed by atoms with Gasteiger partial charge in [-0.3, -0.25) is 9.67 Å². The third kappa shape index (κ3) is 3.56. The maximum atomic E-state index is 14.0. The summed E-state index contributed by atoms with van der Waals surface area (Å²) in [5.41, 5.74) is 2.98. The third-order valence-corrected chi connectivity index (χ3v) is 5.18. The lowest BCUT2D eigenvalue weighted by Gasteiger charge is -2.23. The summed E-state index contributed by atoms with van der Waals surface area (Å²) in [6, 6.07) is 4.49. The molecule has 3 aromatic rings. The number of esters is 1. The van der Waals surface area contributed by atoms with E-state index in [1.165, 1.54) is 17.7 Å². The first kappa shape index (κ1) is 18.4. The number of rotatable bonds is 5. The first-order valence-corrected chi connectivity index (χ1v) is 9.53. The number of carbonyl (C=O) groups excluding carboxylic acids is 1. The molecular weight excluding hydrogens is 359 g/mol. The fraction of sp³-hybridized carbons (Fsp3) is 0.381. The highest BCUT2D eigenvalue weighted by molar-refractivity contribution is 6.05. The number of halogens is 1. The number of benzene rings is 1. The van der Waals surface area contributed by atoms with E-state index < -0.39 is 5.97 Å². The lowest BCUT2D eigenvalue weighted by Crippen LogP contribution is -2.24. The van der Waals surface area contributed by atoms with E-state index in [-0.39, 0.29) is 12.4 Å². The van der Waals surface area contributed by atoms with E-state index in [0.29, 0.717) is 22.4 Å². The molecule has 1 fully saturated rings. The molecule has 0 aliphatic carbocycles. The molecule has 6 nitrogen and oxygen atoms in total. The van der Waals surface area contributed by atoms with Crippen molar-refractivity contribution in [2.45, 2.75) is 19.8 Å². The first-order chi connectivity index (χ1) is 13.5. The normalized spacial score (nSPS) is 16.7. The van der Waals surface area contributed by atoms with Crippen LogP contribution in [-0.4, -0.2) is 40.4 Å². The van der Waals surface area contributed by atoms with Crippen molar-refractivity contribution in [3.63, 3.8) is 0 Å². The average molecular weight is 382 g/mol. The Morgan fingerprint density at radius 1 is 1.36 bits per heavy atom. The highest BCUT2D eigenvalue weighted by Gasteiger charge is 2.28. The summed E-state index contributed by atoms with van der Waals surface area (Å²) in [5.74, 6) is -0.328. The Hall–Kier alpha value is -2.96. The predicted molar refractivity (Wildman–Crippen MR) is 105 cm³/mol. The summed E-state index contributed by atoms with van der Waals surface area (Å²) in [4.78, 5) is 19.0. The van der Waals surface area contributed by atoms with Crippen molar-refractivity contribution in [1.82, 2.24) is 14.8 Å². The van der Waals surface area contributed by atoms with Crippen molar-refractivity contribution in [2.24, 2.45) is 13.0 Å². The van der Waals surface area contributed by atoms with Gasteiger partial charge in [-0.05, 0) is 49.4 Å². The van der Waals surface area contributed by atoms with Gasteiger partial charge in [0.1, 0.15) is 11.4 Å². The zero-order valence-electron chi connectivity index (χ0n) is 16.1. The fourth-order valence-corrected chi connectivity index (χ4v) is 3.96. The molecule has 1 aliphatic heterocycles. The van der Waals surface area contributed by atoms with E-state index in [0.717, 1.165) is 31.6 Å². The summed E-state index contributed by atoms with van der Waals surface area (Å²) >= 11 is 0. The Balaban J connectivity index is 1.68. The maximum absolute atomic E-state index is 14.0. The number of anilines is 1. The maximum Gasteiger partial charge on any atom is 0.341 e. The number of fused-ring (bicyclic) bond motifs is 1. The van der Waals surface area contributed by atoms with E-state index in [1.54, 1.807) is 23.9 Å². The molecule has 4 rings (SSSR count). The molecular formula is C21H23FN4O2. The largest absolute Gasteiger partial charge is 0.462 e. The second-order valence-electron chi connectivity index (χ2n) is 7.23. The van der Waals surface area contributed by atoms with Gasteiger partial charge in [-0.25, -0.2) is 9.18 Å². The highest BCUT2D eigenvalue weighted by atomic mass is 19.1. The monoisotopic (exact) mass is 382 g/mol. The third-order valence-electron chi connectivity index (χ3n) is 5.18. The van der Waals surface area contributed by atoms with Crippen LogP contribution in [0.5, 0.6) is 0 Å². The van der Waals surface area contributed by atoms with Crippen LogP contribution < -0.4 is 4.90 Å². The average Bonchev–Trinajstić information content (AvgIpc) is 3.30. The predicted octanol–water partition coefficient (Wildman–Crippen LogP) is 3.35. The quantitative estimate of drug-likeness (QED) is 0.634. The molecule has 1 atom stereocenters. The number of hydrogen-bond acceptors (Lipinski definition) is 5. The van der Waals surface area contributed by atoms with E-state index in [4.69, 9.17) is 4.74 Å². The zero-order chi connectivity index (χ0) is 19.7. The number of hydrogen-bond donors (Lipinski definition) is 0. The SMILES string of the molecule is CCOC(=O)c1cnc2ccc(F)cc2c1N1CCC(Cc2cnn(C)c2)C1. The minimum Gasteiger partial charge on any atom is -0.462 e. The smallest absolute Gasteiger partial charge is 0.341 e. The Morgan fingerprint density at radius 2 is 2.21 bits per heavy atom. The van der Waals surface area contributed by atoms with Crippen LogP contribution in [0.2, 0.25) is 0 Å². The van der Waals surface area contributed by atoms with E-state index in [1.807, 2.05) is 19.4 Å². The second-order valence-corrected chi connectivity index (χ2v) is 7.23. The van der Waals surface area contributed by atoms with Gasteiger partial charge in [0.05, 0.1) is 24.0 Å². The molecule has 2 aromatic heterocycles. The van der Waals surface area contributed by atoms with Crippen LogP contribution in [0.25, 0.3) is 10.9 Å². The van der Waals surface area contributed by atoms with Crippen LogP contribution in [0.4, 0.5) is 10.1 Å². The van der Waals surface area contributed by atoms with Gasteiger partial charge in [-0.1, -0.05) is 0 Å². The molecule has 146 valence electrons. The first-order valence-electron chi connectivity index (χ1n) is 9.53. The van der Waals surface area contributed by atoms with E-state index in [9.17, 15) is 9.18 Å². The minimum absolute atomic E-state index is 0.281. The van der Waals surface area contributed by atoms with Crippen molar-refractivity contribution < 1.29 is 13.9 Å². The molecule has 1 aromatic carbocycles. The second kappa shape index (κ2) is 7.58. The van der Waals surface area contributed by atoms with Crippen LogP contribution >= 0.6 is 0 Å². The topological polar surface area (TPSA) is 60.2 Å². The Kier molecular flexibility index (Phi) is 4.98. The molecule has 7 heteroatoms. The van der Waals surface area contributed by atoms with Gasteiger partial charge in [0.15, 0.2) is 0 Å². The van der Waals surface area contributed by atoms with Gasteiger partial charge < -0.3 is 9.64 Å². The number of aromatic nitrogens is 3. The summed E-state index contributed by atoms with van der Waals surface area (Å²) in [5, 5.41) is 4.88. The molecule has 0 amide bonds. The summed E-state index contributed by atoms with van der Waals surface area (Å²) in [7, 11) is 1.91. The fourth-order valence-electron chi connectivity index (χ4n) is 3.96. The van der Waals surface area contributed by atoms with Crippen molar-refractivity contribution in [2.75, 3.05) is 24.6 Å². The Morgan fingerprint density at radius 3 is 2.96 bits per heavy atom. The van der Waals surface area contributed by atoms with Crippen LogP contribution in [0.15, 0.2) is 36.8 Å². The van der Waals surface area contributed by atoms with Gasteiger partial charge >= 0.3 is 5.97 Å². The molecule has 1 unspecified atom stereocenters. The molecule has 0 radical (unpaired) electrons. The number of pyridine rings is 1. The van der Waals surface area contributed by atoms with Gasteiger partial charge in [0, 0.05) is 37.9 Å². The summed E-state index contributed by atoms with van der Waals surface area (Å²) in [6.07, 6.45) is 7.39. The molecule has 0 saturated carbocycles. The number of aryl methyl sites for hydroxylation is 1. The summed E-state index contributed by atoms with van der Waals surface area (Å²) < 4.78 is 21.0.